The lowest BCUT2D eigenvalue weighted by atomic mass is 10.1. The van der Waals surface area contributed by atoms with Crippen LogP contribution in [-0.2, 0) is 11.3 Å². The lowest BCUT2D eigenvalue weighted by Gasteiger charge is -2.18. The third-order valence-electron chi connectivity index (χ3n) is 3.98. The number of guanidine groups is 1. The Bertz CT molecular complexity index is 900. The molecule has 0 fully saturated rings. The average molecular weight is 501 g/mol. The van der Waals surface area contributed by atoms with E-state index in [2.05, 4.69) is 25.8 Å². The maximum Gasteiger partial charge on any atom is 0.191 e. The molecule has 2 heterocycles. The van der Waals surface area contributed by atoms with Crippen molar-refractivity contribution in [2.45, 2.75) is 12.6 Å². The first-order valence-electron chi connectivity index (χ1n) is 8.22. The molecule has 9 heteroatoms. The van der Waals surface area contributed by atoms with Crippen molar-refractivity contribution < 1.29 is 4.74 Å². The van der Waals surface area contributed by atoms with Gasteiger partial charge < -0.3 is 15.4 Å². The number of fused-ring (bicyclic) bond motifs is 1. The van der Waals surface area contributed by atoms with Crippen LogP contribution in [-0.4, -0.2) is 41.3 Å². The third kappa shape index (κ3) is 5.53. The molecule has 0 bridgehead atoms. The van der Waals surface area contributed by atoms with Gasteiger partial charge in [0.2, 0.25) is 0 Å². The monoisotopic (exact) mass is 500 g/mol. The van der Waals surface area contributed by atoms with Crippen LogP contribution in [0.3, 0.4) is 0 Å². The summed E-state index contributed by atoms with van der Waals surface area (Å²) >= 11 is 6.06. The van der Waals surface area contributed by atoms with Gasteiger partial charge in [-0.2, -0.15) is 0 Å². The smallest absolute Gasteiger partial charge is 0.191 e. The number of benzene rings is 1. The lowest BCUT2D eigenvalue weighted by Crippen LogP contribution is -2.39. The third-order valence-corrected chi connectivity index (χ3v) is 4.22. The van der Waals surface area contributed by atoms with E-state index in [1.165, 1.54) is 0 Å². The molecular weight excluding hydrogens is 479 g/mol. The maximum atomic E-state index is 6.06. The van der Waals surface area contributed by atoms with E-state index in [0.29, 0.717) is 24.1 Å². The normalized spacial score (nSPS) is 12.5. The van der Waals surface area contributed by atoms with Gasteiger partial charge in [0.1, 0.15) is 0 Å². The van der Waals surface area contributed by atoms with Gasteiger partial charge in [0, 0.05) is 31.9 Å². The number of ether oxygens (including phenoxy) is 1. The highest BCUT2D eigenvalue weighted by atomic mass is 127. The van der Waals surface area contributed by atoms with Gasteiger partial charge in [0.25, 0.3) is 0 Å². The molecule has 0 amide bonds. The zero-order valence-electron chi connectivity index (χ0n) is 15.1. The number of rotatable bonds is 6. The number of hydrogen-bond donors (Lipinski definition) is 2. The van der Waals surface area contributed by atoms with Gasteiger partial charge in [-0.15, -0.1) is 34.2 Å². The van der Waals surface area contributed by atoms with Crippen molar-refractivity contribution >= 4 is 47.2 Å². The van der Waals surface area contributed by atoms with Crippen molar-refractivity contribution in [3.05, 3.63) is 65.1 Å². The summed E-state index contributed by atoms with van der Waals surface area (Å²) in [4.78, 5) is 4.24. The number of halogens is 2. The van der Waals surface area contributed by atoms with Gasteiger partial charge >= 0.3 is 0 Å². The van der Waals surface area contributed by atoms with Gasteiger partial charge in [0.05, 0.1) is 12.6 Å². The second-order valence-corrected chi connectivity index (χ2v) is 6.07. The Labute approximate surface area is 180 Å². The second kappa shape index (κ2) is 10.4. The van der Waals surface area contributed by atoms with Crippen molar-refractivity contribution in [3.8, 4) is 0 Å². The van der Waals surface area contributed by atoms with Crippen molar-refractivity contribution in [1.82, 2.24) is 25.2 Å². The Kier molecular flexibility index (Phi) is 8.26. The van der Waals surface area contributed by atoms with Crippen LogP contribution in [0.4, 0.5) is 0 Å². The molecule has 27 heavy (non-hydrogen) atoms. The quantitative estimate of drug-likeness (QED) is 0.309. The largest absolute Gasteiger partial charge is 0.375 e. The van der Waals surface area contributed by atoms with E-state index in [1.54, 1.807) is 14.2 Å². The molecule has 2 aromatic heterocycles. The van der Waals surface area contributed by atoms with Crippen molar-refractivity contribution in [2.75, 3.05) is 20.7 Å². The standard InChI is InChI=1S/C18H21ClN6O.HI/c1-20-18(21-11-15(26-2)13-6-5-7-14(19)10-13)22-12-17-24-23-16-8-3-4-9-25(16)17;/h3-10,15H,11-12H2,1-2H3,(H2,20,21,22);1H. The van der Waals surface area contributed by atoms with Gasteiger partial charge in [-0.3, -0.25) is 9.39 Å². The highest BCUT2D eigenvalue weighted by molar-refractivity contribution is 14.0. The molecule has 0 saturated heterocycles. The van der Waals surface area contributed by atoms with Crippen LogP contribution in [0.25, 0.3) is 5.65 Å². The van der Waals surface area contributed by atoms with Crippen LogP contribution < -0.4 is 10.6 Å². The predicted molar refractivity (Wildman–Crippen MR) is 118 cm³/mol. The highest BCUT2D eigenvalue weighted by Crippen LogP contribution is 2.19. The first kappa shape index (κ1) is 21.4. The van der Waals surface area contributed by atoms with Crippen LogP contribution >= 0.6 is 35.6 Å². The fourth-order valence-corrected chi connectivity index (χ4v) is 2.83. The lowest BCUT2D eigenvalue weighted by molar-refractivity contribution is 0.106. The molecule has 0 aliphatic heterocycles. The number of methoxy groups -OCH3 is 1. The van der Waals surface area contributed by atoms with Gasteiger partial charge in [-0.1, -0.05) is 29.8 Å². The van der Waals surface area contributed by atoms with E-state index in [-0.39, 0.29) is 30.1 Å². The Hall–Kier alpha value is -1.91. The number of hydrogen-bond acceptors (Lipinski definition) is 4. The Morgan fingerprint density at radius 2 is 2.07 bits per heavy atom. The zero-order chi connectivity index (χ0) is 18.4. The first-order chi connectivity index (χ1) is 12.7. The SMILES string of the molecule is CN=C(NCc1nnc2ccccn12)NCC(OC)c1cccc(Cl)c1.I. The van der Waals surface area contributed by atoms with Crippen LogP contribution in [0.1, 0.15) is 17.5 Å². The minimum atomic E-state index is -0.138. The molecule has 3 rings (SSSR count). The van der Waals surface area contributed by atoms with E-state index in [1.807, 2.05) is 53.1 Å². The van der Waals surface area contributed by atoms with E-state index in [4.69, 9.17) is 16.3 Å². The van der Waals surface area contributed by atoms with Crippen LogP contribution in [0.15, 0.2) is 53.7 Å². The van der Waals surface area contributed by atoms with Gasteiger partial charge in [0.15, 0.2) is 17.4 Å². The van der Waals surface area contributed by atoms with Crippen molar-refractivity contribution in [1.29, 1.82) is 0 Å². The molecule has 2 N–H and O–H groups in total. The van der Waals surface area contributed by atoms with E-state index < -0.39 is 0 Å². The van der Waals surface area contributed by atoms with Crippen LogP contribution in [0.5, 0.6) is 0 Å². The molecule has 0 saturated carbocycles. The highest BCUT2D eigenvalue weighted by Gasteiger charge is 2.12. The molecule has 1 atom stereocenters. The zero-order valence-corrected chi connectivity index (χ0v) is 18.2. The molecule has 0 radical (unpaired) electrons. The number of aromatic nitrogens is 3. The number of nitrogens with one attached hydrogen (secondary N) is 2. The number of nitrogens with zero attached hydrogens (tertiary/aromatic N) is 4. The summed E-state index contributed by atoms with van der Waals surface area (Å²) in [5, 5.41) is 15.5. The summed E-state index contributed by atoms with van der Waals surface area (Å²) in [6, 6.07) is 13.4. The average Bonchev–Trinajstić information content (AvgIpc) is 3.08. The van der Waals surface area contributed by atoms with Crippen molar-refractivity contribution in [2.24, 2.45) is 4.99 Å². The Morgan fingerprint density at radius 3 is 2.81 bits per heavy atom. The summed E-state index contributed by atoms with van der Waals surface area (Å²) in [5.41, 5.74) is 1.82. The van der Waals surface area contributed by atoms with Crippen LogP contribution in [0, 0.1) is 0 Å². The van der Waals surface area contributed by atoms with E-state index >= 15 is 0 Å². The molecule has 144 valence electrons. The minimum Gasteiger partial charge on any atom is -0.375 e. The van der Waals surface area contributed by atoms with Gasteiger partial charge in [-0.25, -0.2) is 0 Å². The Morgan fingerprint density at radius 1 is 1.22 bits per heavy atom. The molecule has 0 aliphatic carbocycles. The number of pyridine rings is 1. The summed E-state index contributed by atoms with van der Waals surface area (Å²) in [6.45, 7) is 1.05. The predicted octanol–water partition coefficient (Wildman–Crippen LogP) is 3.05. The van der Waals surface area contributed by atoms with Gasteiger partial charge in [-0.05, 0) is 29.8 Å². The summed E-state index contributed by atoms with van der Waals surface area (Å²) in [5.74, 6) is 1.46. The molecule has 0 spiro atoms. The molecule has 7 nitrogen and oxygen atoms in total. The van der Waals surface area contributed by atoms with E-state index in [9.17, 15) is 0 Å². The fraction of sp³-hybridized carbons (Fsp3) is 0.278. The molecule has 0 aliphatic rings. The van der Waals surface area contributed by atoms with Crippen LogP contribution in [0.2, 0.25) is 5.02 Å². The molecule has 3 aromatic rings. The number of aliphatic imine (C=N–C) groups is 1. The first-order valence-corrected chi connectivity index (χ1v) is 8.60. The molecule has 1 unspecified atom stereocenters. The summed E-state index contributed by atoms with van der Waals surface area (Å²) in [6.07, 6.45) is 1.80. The maximum absolute atomic E-state index is 6.06. The Balaban J connectivity index is 0.00000261. The second-order valence-electron chi connectivity index (χ2n) is 5.63. The summed E-state index contributed by atoms with van der Waals surface area (Å²) < 4.78 is 7.50. The van der Waals surface area contributed by atoms with Crippen molar-refractivity contribution in [3.63, 3.8) is 0 Å². The molecular formula is C18H22ClIN6O. The fourth-order valence-electron chi connectivity index (χ4n) is 2.63. The molecule has 1 aromatic carbocycles. The topological polar surface area (TPSA) is 75.8 Å². The summed E-state index contributed by atoms with van der Waals surface area (Å²) in [7, 11) is 3.39. The van der Waals surface area contributed by atoms with E-state index in [0.717, 1.165) is 17.0 Å². The minimum absolute atomic E-state index is 0.